The summed E-state index contributed by atoms with van der Waals surface area (Å²) in [6.07, 6.45) is 3.16. The number of rotatable bonds is 4. The molecule has 2 unspecified atom stereocenters. The van der Waals surface area contributed by atoms with E-state index in [0.29, 0.717) is 0 Å². The first-order chi connectivity index (χ1) is 16.0. The molecular formula is C20H25N9O5. The monoisotopic (exact) mass is 471 g/mol. The van der Waals surface area contributed by atoms with Gasteiger partial charge in [0.05, 0.1) is 18.2 Å². The van der Waals surface area contributed by atoms with Crippen LogP contribution in [0.4, 0.5) is 0 Å². The Balaban J connectivity index is 1.47. The second-order valence-electron chi connectivity index (χ2n) is 8.92. The third-order valence-electron chi connectivity index (χ3n) is 6.77. The fraction of sp³-hybridized carbons (Fsp3) is 0.500. The summed E-state index contributed by atoms with van der Waals surface area (Å²) in [4.78, 5) is 52.4. The van der Waals surface area contributed by atoms with Crippen LogP contribution in [0.2, 0.25) is 0 Å². The second kappa shape index (κ2) is 7.36. The predicted octanol–water partition coefficient (Wildman–Crippen LogP) is -3.69. The number of aryl methyl sites for hydroxylation is 1. The van der Waals surface area contributed by atoms with Crippen LogP contribution in [0.25, 0.3) is 0 Å². The Morgan fingerprint density at radius 2 is 1.94 bits per heavy atom. The van der Waals surface area contributed by atoms with Crippen LogP contribution in [0.5, 0.6) is 0 Å². The van der Waals surface area contributed by atoms with Gasteiger partial charge in [-0.25, -0.2) is 9.98 Å². The molecule has 0 aliphatic carbocycles. The summed E-state index contributed by atoms with van der Waals surface area (Å²) in [6, 6.07) is -1.50. The lowest BCUT2D eigenvalue weighted by Crippen LogP contribution is -2.78. The molecule has 14 nitrogen and oxygen atoms in total. The Morgan fingerprint density at radius 3 is 2.62 bits per heavy atom. The van der Waals surface area contributed by atoms with Gasteiger partial charge >= 0.3 is 0 Å². The molecule has 4 aliphatic rings. The van der Waals surface area contributed by atoms with E-state index >= 15 is 0 Å². The Kier molecular flexibility index (Phi) is 4.77. The van der Waals surface area contributed by atoms with Crippen LogP contribution in [0, 0.1) is 6.92 Å². The first-order valence-corrected chi connectivity index (χ1v) is 10.8. The molecule has 1 aromatic rings. The number of amides is 3. The van der Waals surface area contributed by atoms with Crippen molar-refractivity contribution in [1.82, 2.24) is 25.4 Å². The lowest BCUT2D eigenvalue weighted by molar-refractivity contribution is -0.230. The van der Waals surface area contributed by atoms with Gasteiger partial charge in [0, 0.05) is 31.8 Å². The van der Waals surface area contributed by atoms with E-state index in [9.17, 15) is 24.6 Å². The predicted molar refractivity (Wildman–Crippen MR) is 117 cm³/mol. The average molecular weight is 471 g/mol. The highest BCUT2D eigenvalue weighted by Gasteiger charge is 2.73. The van der Waals surface area contributed by atoms with E-state index in [1.807, 2.05) is 0 Å². The van der Waals surface area contributed by atoms with E-state index in [2.05, 4.69) is 25.6 Å². The molecule has 0 bridgehead atoms. The average Bonchev–Trinajstić information content (AvgIpc) is 3.36. The number of imide groups is 1. The number of hydrogen-bond donors (Lipinski definition) is 6. The van der Waals surface area contributed by atoms with Crippen LogP contribution in [0.15, 0.2) is 28.4 Å². The molecule has 14 heteroatoms. The topological polar surface area (TPSA) is 212 Å². The number of aliphatic imine (C=N–C) groups is 2. The molecule has 34 heavy (non-hydrogen) atoms. The first kappa shape index (κ1) is 22.0. The van der Waals surface area contributed by atoms with Gasteiger partial charge in [-0.15, -0.1) is 0 Å². The van der Waals surface area contributed by atoms with Crippen LogP contribution in [-0.2, 0) is 9.59 Å². The van der Waals surface area contributed by atoms with Crippen LogP contribution in [0.1, 0.15) is 28.8 Å². The number of nitrogens with zero attached hydrogens (tertiary/aromatic N) is 5. The SMILES string of the molecule is Cc1cncc(C(=O)NC2CN3C(N)=NC(CN4C(=O)CCC4=O)[C@@H]4N=C(N)N[C@@]43C2(O)O)c1. The fourth-order valence-electron chi connectivity index (χ4n) is 5.17. The zero-order chi connectivity index (χ0) is 24.4. The van der Waals surface area contributed by atoms with E-state index in [0.717, 1.165) is 10.5 Å². The third kappa shape index (κ3) is 3.02. The summed E-state index contributed by atoms with van der Waals surface area (Å²) >= 11 is 0. The number of hydrogen-bond acceptors (Lipinski definition) is 12. The molecule has 180 valence electrons. The van der Waals surface area contributed by atoms with Crippen molar-refractivity contribution >= 4 is 29.6 Å². The van der Waals surface area contributed by atoms with Crippen molar-refractivity contribution in [1.29, 1.82) is 0 Å². The third-order valence-corrected chi connectivity index (χ3v) is 6.77. The Morgan fingerprint density at radius 1 is 1.24 bits per heavy atom. The molecular weight excluding hydrogens is 446 g/mol. The quantitative estimate of drug-likeness (QED) is 0.187. The van der Waals surface area contributed by atoms with E-state index in [1.54, 1.807) is 19.2 Å². The first-order valence-electron chi connectivity index (χ1n) is 10.8. The Bertz CT molecular complexity index is 1130. The van der Waals surface area contributed by atoms with Crippen LogP contribution in [-0.4, -0.2) is 97.3 Å². The number of guanidine groups is 2. The maximum Gasteiger partial charge on any atom is 0.253 e. The van der Waals surface area contributed by atoms with Gasteiger partial charge in [0.25, 0.3) is 5.91 Å². The van der Waals surface area contributed by atoms with Gasteiger partial charge in [-0.1, -0.05) is 0 Å². The molecule has 1 aromatic heterocycles. The number of aliphatic hydroxyl groups is 2. The zero-order valence-corrected chi connectivity index (χ0v) is 18.3. The molecule has 1 spiro atoms. The normalized spacial score (nSPS) is 31.6. The second-order valence-corrected chi connectivity index (χ2v) is 8.92. The standard InChI is InChI=1S/C20H25N9O5/c1-9-4-10(6-23-5-9)16(32)25-12-8-29-18(22)24-11(7-28-13(30)2-3-14(28)31)15-19(29,20(12,33)34)27-17(21)26-15/h4-6,11-12,15,33-34H,2-3,7-8H2,1H3,(H2,22,24)(H,25,32)(H3,21,26,27)/t11?,12?,15-,19-/m0/s1. The summed E-state index contributed by atoms with van der Waals surface area (Å²) < 4.78 is 0. The van der Waals surface area contributed by atoms with Gasteiger partial charge in [-0.05, 0) is 18.6 Å². The molecule has 0 saturated carbocycles. The number of carbonyl (C=O) groups excluding carboxylic acids is 3. The molecule has 5 heterocycles. The number of nitrogens with one attached hydrogen (secondary N) is 2. The molecule has 0 radical (unpaired) electrons. The fourth-order valence-corrected chi connectivity index (χ4v) is 5.17. The van der Waals surface area contributed by atoms with Crippen molar-refractivity contribution in [3.63, 3.8) is 0 Å². The van der Waals surface area contributed by atoms with Crippen molar-refractivity contribution < 1.29 is 24.6 Å². The van der Waals surface area contributed by atoms with E-state index < -0.39 is 35.5 Å². The Hall–Kier alpha value is -3.78. The lowest BCUT2D eigenvalue weighted by atomic mass is 9.84. The lowest BCUT2D eigenvalue weighted by Gasteiger charge is -2.49. The number of pyridine rings is 1. The van der Waals surface area contributed by atoms with Crippen LogP contribution < -0.4 is 22.1 Å². The summed E-state index contributed by atoms with van der Waals surface area (Å²) in [6.45, 7) is 1.52. The zero-order valence-electron chi connectivity index (χ0n) is 18.3. The highest BCUT2D eigenvalue weighted by Crippen LogP contribution is 2.45. The maximum atomic E-state index is 12.8. The number of likely N-dealkylation sites (tertiary alicyclic amines) is 1. The molecule has 4 atom stereocenters. The molecule has 2 saturated heterocycles. The highest BCUT2D eigenvalue weighted by molar-refractivity contribution is 6.02. The van der Waals surface area contributed by atoms with Crippen molar-refractivity contribution in [3.8, 4) is 0 Å². The summed E-state index contributed by atoms with van der Waals surface area (Å²) in [5.41, 5.74) is 11.4. The molecule has 0 aromatic carbocycles. The van der Waals surface area contributed by atoms with Crippen molar-refractivity contribution in [2.45, 2.75) is 49.3 Å². The van der Waals surface area contributed by atoms with Gasteiger partial charge in [0.2, 0.25) is 17.6 Å². The van der Waals surface area contributed by atoms with Gasteiger partial charge in [-0.3, -0.25) is 24.3 Å². The minimum Gasteiger partial charge on any atom is -0.370 e. The summed E-state index contributed by atoms with van der Waals surface area (Å²) in [5.74, 6) is -4.03. The highest BCUT2D eigenvalue weighted by atomic mass is 16.5. The van der Waals surface area contributed by atoms with E-state index in [-0.39, 0.29) is 55.2 Å². The summed E-state index contributed by atoms with van der Waals surface area (Å²) in [5, 5.41) is 28.3. The van der Waals surface area contributed by atoms with E-state index in [1.165, 1.54) is 11.1 Å². The van der Waals surface area contributed by atoms with E-state index in [4.69, 9.17) is 11.5 Å². The van der Waals surface area contributed by atoms with Crippen molar-refractivity contribution in [3.05, 3.63) is 29.6 Å². The molecule has 3 amide bonds. The number of aromatic nitrogens is 1. The maximum absolute atomic E-state index is 12.8. The van der Waals surface area contributed by atoms with Gasteiger partial charge in [0.1, 0.15) is 12.1 Å². The Labute approximate surface area is 193 Å². The van der Waals surface area contributed by atoms with Crippen LogP contribution >= 0.6 is 0 Å². The minimum absolute atomic E-state index is 0.0702. The van der Waals surface area contributed by atoms with Crippen molar-refractivity contribution in [2.75, 3.05) is 13.1 Å². The number of nitrogens with two attached hydrogens (primary N) is 2. The van der Waals surface area contributed by atoms with Crippen molar-refractivity contribution in [2.24, 2.45) is 21.5 Å². The molecule has 8 N–H and O–H groups in total. The molecule has 4 aliphatic heterocycles. The van der Waals surface area contributed by atoms with Gasteiger partial charge in [0.15, 0.2) is 17.6 Å². The summed E-state index contributed by atoms with van der Waals surface area (Å²) in [7, 11) is 0. The minimum atomic E-state index is -2.62. The van der Waals surface area contributed by atoms with Crippen LogP contribution in [0.3, 0.4) is 0 Å². The largest absolute Gasteiger partial charge is 0.370 e. The van der Waals surface area contributed by atoms with Gasteiger partial charge < -0.3 is 37.2 Å². The molecule has 2 fully saturated rings. The number of carbonyl (C=O) groups is 3. The van der Waals surface area contributed by atoms with Gasteiger partial charge in [-0.2, -0.15) is 0 Å². The molecule has 5 rings (SSSR count). The smallest absolute Gasteiger partial charge is 0.253 e.